The highest BCUT2D eigenvalue weighted by molar-refractivity contribution is 5.27. The number of hydrogen-bond acceptors (Lipinski definition) is 3. The molecule has 0 fully saturated rings. The lowest BCUT2D eigenvalue weighted by atomic mass is 10.2. The summed E-state index contributed by atoms with van der Waals surface area (Å²) in [5.74, 6) is 1.52. The van der Waals surface area contributed by atoms with E-state index < -0.39 is 0 Å². The van der Waals surface area contributed by atoms with Crippen LogP contribution in [0.2, 0.25) is 0 Å². The maximum Gasteiger partial charge on any atom is 0.203 e. The molecule has 90 valence electrons. The monoisotopic (exact) mass is 230 g/mol. The normalized spacial score (nSPS) is 10.8. The molecule has 4 nitrogen and oxygen atoms in total. The van der Waals surface area contributed by atoms with Crippen molar-refractivity contribution >= 4 is 5.95 Å². The Bertz CT molecular complexity index is 447. The van der Waals surface area contributed by atoms with E-state index >= 15 is 0 Å². The molecule has 17 heavy (non-hydrogen) atoms. The average Bonchev–Trinajstić information content (AvgIpc) is 2.74. The van der Waals surface area contributed by atoms with Crippen LogP contribution in [0.1, 0.15) is 19.5 Å². The molecule has 2 heterocycles. The van der Waals surface area contributed by atoms with Crippen molar-refractivity contribution in [2.24, 2.45) is 5.92 Å². The van der Waals surface area contributed by atoms with Crippen LogP contribution in [-0.4, -0.2) is 14.5 Å². The van der Waals surface area contributed by atoms with Gasteiger partial charge in [0, 0.05) is 25.1 Å². The summed E-state index contributed by atoms with van der Waals surface area (Å²) < 4.78 is 2.13. The first-order valence-electron chi connectivity index (χ1n) is 5.90. The number of nitrogens with one attached hydrogen (secondary N) is 1. The second-order valence-corrected chi connectivity index (χ2v) is 4.47. The van der Waals surface area contributed by atoms with Crippen molar-refractivity contribution in [3.63, 3.8) is 0 Å². The van der Waals surface area contributed by atoms with Crippen LogP contribution in [0.3, 0.4) is 0 Å². The van der Waals surface area contributed by atoms with Crippen LogP contribution in [-0.2, 0) is 13.1 Å². The fraction of sp³-hybridized carbons (Fsp3) is 0.385. The molecule has 0 unspecified atom stereocenters. The van der Waals surface area contributed by atoms with Crippen LogP contribution < -0.4 is 5.32 Å². The van der Waals surface area contributed by atoms with Gasteiger partial charge in [-0.15, -0.1) is 0 Å². The summed E-state index contributed by atoms with van der Waals surface area (Å²) in [5.41, 5.74) is 1.02. The molecule has 2 aromatic rings. The number of nitrogens with zero attached hydrogens (tertiary/aromatic N) is 3. The van der Waals surface area contributed by atoms with E-state index in [-0.39, 0.29) is 0 Å². The lowest BCUT2D eigenvalue weighted by molar-refractivity contribution is 0.526. The summed E-state index contributed by atoms with van der Waals surface area (Å²) in [7, 11) is 0. The third-order valence-corrected chi connectivity index (χ3v) is 2.43. The highest BCUT2D eigenvalue weighted by atomic mass is 15.2. The first kappa shape index (κ1) is 11.6. The quantitative estimate of drug-likeness (QED) is 0.858. The second kappa shape index (κ2) is 5.48. The van der Waals surface area contributed by atoms with Crippen molar-refractivity contribution in [2.75, 3.05) is 5.32 Å². The Balaban J connectivity index is 1.97. The van der Waals surface area contributed by atoms with Gasteiger partial charge in [-0.2, -0.15) is 0 Å². The molecular formula is C13H18N4. The summed E-state index contributed by atoms with van der Waals surface area (Å²) in [6.45, 7) is 6.07. The molecule has 2 rings (SSSR count). The van der Waals surface area contributed by atoms with E-state index in [0.717, 1.165) is 18.2 Å². The Labute approximate surface area is 102 Å². The van der Waals surface area contributed by atoms with Crippen molar-refractivity contribution < 1.29 is 0 Å². The predicted octanol–water partition coefficient (Wildman–Crippen LogP) is 2.55. The first-order chi connectivity index (χ1) is 8.25. The van der Waals surface area contributed by atoms with Gasteiger partial charge < -0.3 is 9.88 Å². The highest BCUT2D eigenvalue weighted by Gasteiger charge is 2.04. The molecule has 0 amide bonds. The molecule has 0 bridgehead atoms. The largest absolute Gasteiger partial charge is 0.350 e. The topological polar surface area (TPSA) is 42.7 Å². The van der Waals surface area contributed by atoms with Gasteiger partial charge in [0.2, 0.25) is 5.95 Å². The van der Waals surface area contributed by atoms with Gasteiger partial charge in [0.15, 0.2) is 0 Å². The summed E-state index contributed by atoms with van der Waals surface area (Å²) in [6, 6.07) is 5.91. The number of pyridine rings is 1. The molecule has 2 aromatic heterocycles. The molecular weight excluding hydrogens is 212 g/mol. The molecule has 0 aliphatic heterocycles. The van der Waals surface area contributed by atoms with Crippen molar-refractivity contribution in [3.8, 4) is 0 Å². The van der Waals surface area contributed by atoms with Crippen molar-refractivity contribution in [3.05, 3.63) is 42.5 Å². The molecule has 1 N–H and O–H groups in total. The number of anilines is 1. The number of rotatable bonds is 5. The van der Waals surface area contributed by atoms with Gasteiger partial charge in [-0.05, 0) is 18.1 Å². The molecule has 0 atom stereocenters. The van der Waals surface area contributed by atoms with E-state index in [2.05, 4.69) is 33.7 Å². The molecule has 0 aliphatic carbocycles. The maximum atomic E-state index is 4.31. The SMILES string of the molecule is CC(C)Cn1ccnc1NCc1ccccn1. The molecule has 0 saturated carbocycles. The summed E-state index contributed by atoms with van der Waals surface area (Å²) in [4.78, 5) is 8.58. The molecule has 4 heteroatoms. The van der Waals surface area contributed by atoms with Crippen LogP contribution in [0.4, 0.5) is 5.95 Å². The zero-order chi connectivity index (χ0) is 12.1. The lowest BCUT2D eigenvalue weighted by Crippen LogP contribution is -2.10. The van der Waals surface area contributed by atoms with Crippen molar-refractivity contribution in [2.45, 2.75) is 26.9 Å². The summed E-state index contributed by atoms with van der Waals surface area (Å²) in [6.07, 6.45) is 5.63. The van der Waals surface area contributed by atoms with Crippen LogP contribution >= 0.6 is 0 Å². The third kappa shape index (κ3) is 3.31. The number of aromatic nitrogens is 3. The second-order valence-electron chi connectivity index (χ2n) is 4.47. The van der Waals surface area contributed by atoms with Crippen LogP contribution in [0.15, 0.2) is 36.8 Å². The minimum Gasteiger partial charge on any atom is -0.350 e. The maximum absolute atomic E-state index is 4.31. The van der Waals surface area contributed by atoms with E-state index in [4.69, 9.17) is 0 Å². The van der Waals surface area contributed by atoms with Gasteiger partial charge in [-0.25, -0.2) is 4.98 Å². The fourth-order valence-corrected chi connectivity index (χ4v) is 1.69. The molecule has 0 aliphatic rings. The Morgan fingerprint density at radius 2 is 2.12 bits per heavy atom. The standard InChI is InChI=1S/C13H18N4/c1-11(2)10-17-8-7-15-13(17)16-9-12-5-3-4-6-14-12/h3-8,11H,9-10H2,1-2H3,(H,15,16). The van der Waals surface area contributed by atoms with E-state index in [0.29, 0.717) is 12.5 Å². The van der Waals surface area contributed by atoms with Crippen molar-refractivity contribution in [1.82, 2.24) is 14.5 Å². The van der Waals surface area contributed by atoms with Crippen molar-refractivity contribution in [1.29, 1.82) is 0 Å². The Morgan fingerprint density at radius 3 is 2.82 bits per heavy atom. The smallest absolute Gasteiger partial charge is 0.203 e. The Morgan fingerprint density at radius 1 is 1.24 bits per heavy atom. The van der Waals surface area contributed by atoms with Gasteiger partial charge in [-0.1, -0.05) is 19.9 Å². The minimum absolute atomic E-state index is 0.611. The summed E-state index contributed by atoms with van der Waals surface area (Å²) in [5, 5.41) is 3.30. The third-order valence-electron chi connectivity index (χ3n) is 2.43. The minimum atomic E-state index is 0.611. The van der Waals surface area contributed by atoms with Crippen LogP contribution in [0, 0.1) is 5.92 Å². The Hall–Kier alpha value is -1.84. The van der Waals surface area contributed by atoms with E-state index in [9.17, 15) is 0 Å². The van der Waals surface area contributed by atoms with E-state index in [1.54, 1.807) is 6.20 Å². The zero-order valence-electron chi connectivity index (χ0n) is 10.3. The molecule has 0 saturated heterocycles. The average molecular weight is 230 g/mol. The molecule has 0 spiro atoms. The van der Waals surface area contributed by atoms with E-state index in [1.165, 1.54) is 0 Å². The van der Waals surface area contributed by atoms with Gasteiger partial charge in [0.05, 0.1) is 12.2 Å². The van der Waals surface area contributed by atoms with Gasteiger partial charge in [0.25, 0.3) is 0 Å². The van der Waals surface area contributed by atoms with Gasteiger partial charge in [0.1, 0.15) is 0 Å². The Kier molecular flexibility index (Phi) is 3.75. The highest BCUT2D eigenvalue weighted by Crippen LogP contribution is 2.09. The number of imidazole rings is 1. The molecule has 0 radical (unpaired) electrons. The van der Waals surface area contributed by atoms with Gasteiger partial charge >= 0.3 is 0 Å². The van der Waals surface area contributed by atoms with E-state index in [1.807, 2.05) is 30.6 Å². The summed E-state index contributed by atoms with van der Waals surface area (Å²) >= 11 is 0. The first-order valence-corrected chi connectivity index (χ1v) is 5.90. The number of hydrogen-bond donors (Lipinski definition) is 1. The van der Waals surface area contributed by atoms with Crippen LogP contribution in [0.25, 0.3) is 0 Å². The molecule has 0 aromatic carbocycles. The predicted molar refractivity (Wildman–Crippen MR) is 68.6 cm³/mol. The van der Waals surface area contributed by atoms with Gasteiger partial charge in [-0.3, -0.25) is 4.98 Å². The zero-order valence-corrected chi connectivity index (χ0v) is 10.3. The fourth-order valence-electron chi connectivity index (χ4n) is 1.69. The lowest BCUT2D eigenvalue weighted by Gasteiger charge is -2.11. The van der Waals surface area contributed by atoms with Crippen LogP contribution in [0.5, 0.6) is 0 Å².